The average molecular weight is 386 g/mol. The van der Waals surface area contributed by atoms with Crippen LogP contribution >= 0.6 is 11.3 Å². The van der Waals surface area contributed by atoms with Crippen molar-refractivity contribution in [2.45, 2.75) is 17.2 Å². The minimum Gasteiger partial charge on any atom is -0.324 e. The Hall–Kier alpha value is -2.48. The Bertz CT molecular complexity index is 967. The smallest absolute Gasteiger partial charge is 0.251 e. The quantitative estimate of drug-likeness (QED) is 0.678. The van der Waals surface area contributed by atoms with Gasteiger partial charge in [0, 0.05) is 5.69 Å². The number of sulfonamides is 1. The van der Waals surface area contributed by atoms with Gasteiger partial charge in [-0.1, -0.05) is 54.1 Å². The lowest BCUT2D eigenvalue weighted by Gasteiger charge is -2.18. The van der Waals surface area contributed by atoms with Crippen molar-refractivity contribution in [2.75, 3.05) is 5.32 Å². The largest absolute Gasteiger partial charge is 0.324 e. The van der Waals surface area contributed by atoms with Crippen LogP contribution in [0.5, 0.6) is 0 Å². The van der Waals surface area contributed by atoms with Crippen LogP contribution in [-0.4, -0.2) is 14.3 Å². The van der Waals surface area contributed by atoms with Gasteiger partial charge in [-0.05, 0) is 36.1 Å². The first kappa shape index (κ1) is 18.3. The number of hydrogen-bond donors (Lipinski definition) is 2. The molecule has 0 fully saturated rings. The molecule has 0 spiro atoms. The summed E-state index contributed by atoms with van der Waals surface area (Å²) in [7, 11) is -3.80. The van der Waals surface area contributed by atoms with Gasteiger partial charge in [0.1, 0.15) is 10.3 Å². The Labute approximate surface area is 156 Å². The number of hydrogen-bond acceptors (Lipinski definition) is 4. The van der Waals surface area contributed by atoms with Gasteiger partial charge in [-0.2, -0.15) is 4.72 Å². The maximum atomic E-state index is 12.8. The fourth-order valence-electron chi connectivity index (χ4n) is 2.40. The van der Waals surface area contributed by atoms with E-state index in [4.69, 9.17) is 0 Å². The summed E-state index contributed by atoms with van der Waals surface area (Å²) < 4.78 is 27.9. The van der Waals surface area contributed by atoms with Crippen LogP contribution in [-0.2, 0) is 14.8 Å². The second kappa shape index (κ2) is 7.82. The third-order valence-corrected chi connectivity index (χ3v) is 6.57. The van der Waals surface area contributed by atoms with Gasteiger partial charge >= 0.3 is 0 Å². The fraction of sp³-hybridized carbons (Fsp3) is 0.105. The number of carbonyl (C=O) groups excluding carboxylic acids is 1. The summed E-state index contributed by atoms with van der Waals surface area (Å²) in [6.07, 6.45) is 0. The number of thiophene rings is 1. The topological polar surface area (TPSA) is 75.3 Å². The Balaban J connectivity index is 1.88. The minimum absolute atomic E-state index is 0.168. The second-order valence-electron chi connectivity index (χ2n) is 5.75. The lowest BCUT2D eigenvalue weighted by molar-refractivity contribution is -0.117. The summed E-state index contributed by atoms with van der Waals surface area (Å²) >= 11 is 1.10. The number of amides is 1. The standard InChI is InChI=1S/C19H18N2O3S2/c1-14-9-11-16(12-10-14)20-19(22)18(15-6-3-2-4-7-15)21-26(23,24)17-8-5-13-25-17/h2-13,18,21H,1H3,(H,20,22)/t18-/m1/s1. The monoisotopic (exact) mass is 386 g/mol. The van der Waals surface area contributed by atoms with Crippen molar-refractivity contribution in [1.82, 2.24) is 4.72 Å². The highest BCUT2D eigenvalue weighted by molar-refractivity contribution is 7.91. The van der Waals surface area contributed by atoms with E-state index in [1.165, 1.54) is 6.07 Å². The van der Waals surface area contributed by atoms with Crippen molar-refractivity contribution in [3.8, 4) is 0 Å². The second-order valence-corrected chi connectivity index (χ2v) is 8.64. The van der Waals surface area contributed by atoms with Gasteiger partial charge < -0.3 is 5.32 Å². The predicted molar refractivity (Wildman–Crippen MR) is 104 cm³/mol. The molecule has 7 heteroatoms. The van der Waals surface area contributed by atoms with Gasteiger partial charge in [0.15, 0.2) is 0 Å². The van der Waals surface area contributed by atoms with Crippen molar-refractivity contribution in [3.05, 3.63) is 83.2 Å². The molecule has 2 N–H and O–H groups in total. The molecule has 0 aliphatic heterocycles. The van der Waals surface area contributed by atoms with E-state index in [-0.39, 0.29) is 4.21 Å². The molecule has 0 aliphatic carbocycles. The maximum absolute atomic E-state index is 12.8. The molecule has 1 aromatic heterocycles. The molecule has 1 heterocycles. The molecule has 134 valence electrons. The van der Waals surface area contributed by atoms with Crippen LogP contribution in [0.15, 0.2) is 76.3 Å². The molecule has 3 aromatic rings. The highest BCUT2D eigenvalue weighted by atomic mass is 32.2. The minimum atomic E-state index is -3.80. The normalized spacial score (nSPS) is 12.5. The molecule has 1 amide bonds. The fourth-order valence-corrected chi connectivity index (χ4v) is 4.59. The van der Waals surface area contributed by atoms with Crippen LogP contribution in [0.3, 0.4) is 0 Å². The van der Waals surface area contributed by atoms with E-state index in [2.05, 4.69) is 10.0 Å². The summed E-state index contributed by atoms with van der Waals surface area (Å²) in [5.41, 5.74) is 2.25. The van der Waals surface area contributed by atoms with Gasteiger partial charge in [0.05, 0.1) is 0 Å². The molecule has 3 rings (SSSR count). The highest BCUT2D eigenvalue weighted by Gasteiger charge is 2.27. The van der Waals surface area contributed by atoms with E-state index in [0.717, 1.165) is 16.9 Å². The van der Waals surface area contributed by atoms with E-state index in [1.54, 1.807) is 47.8 Å². The Morgan fingerprint density at radius 3 is 2.27 bits per heavy atom. The van der Waals surface area contributed by atoms with Crippen molar-refractivity contribution in [2.24, 2.45) is 0 Å². The molecule has 5 nitrogen and oxygen atoms in total. The van der Waals surface area contributed by atoms with Crippen LogP contribution < -0.4 is 10.0 Å². The summed E-state index contributed by atoms with van der Waals surface area (Å²) in [6, 6.07) is 18.2. The van der Waals surface area contributed by atoms with Gasteiger partial charge in [-0.3, -0.25) is 4.79 Å². The van der Waals surface area contributed by atoms with Crippen molar-refractivity contribution < 1.29 is 13.2 Å². The molecule has 1 atom stereocenters. The van der Waals surface area contributed by atoms with Gasteiger partial charge in [0.2, 0.25) is 5.91 Å². The summed E-state index contributed by atoms with van der Waals surface area (Å²) in [6.45, 7) is 1.95. The number of anilines is 1. The third kappa shape index (κ3) is 4.37. The number of nitrogens with one attached hydrogen (secondary N) is 2. The Morgan fingerprint density at radius 1 is 0.962 bits per heavy atom. The predicted octanol–water partition coefficient (Wildman–Crippen LogP) is 3.71. The molecule has 0 radical (unpaired) electrons. The molecule has 2 aromatic carbocycles. The van der Waals surface area contributed by atoms with Crippen LogP contribution in [0.2, 0.25) is 0 Å². The van der Waals surface area contributed by atoms with Crippen LogP contribution in [0.4, 0.5) is 5.69 Å². The zero-order valence-corrected chi connectivity index (χ0v) is 15.7. The van der Waals surface area contributed by atoms with Crippen molar-refractivity contribution in [3.63, 3.8) is 0 Å². The lowest BCUT2D eigenvalue weighted by Crippen LogP contribution is -2.36. The number of benzene rings is 2. The summed E-state index contributed by atoms with van der Waals surface area (Å²) in [5, 5.41) is 4.45. The van der Waals surface area contributed by atoms with E-state index in [0.29, 0.717) is 11.3 Å². The number of carbonyl (C=O) groups is 1. The number of aryl methyl sites for hydroxylation is 1. The third-order valence-electron chi connectivity index (χ3n) is 3.75. The Morgan fingerprint density at radius 2 is 1.65 bits per heavy atom. The maximum Gasteiger partial charge on any atom is 0.251 e. The van der Waals surface area contributed by atoms with Crippen LogP contribution in [0.1, 0.15) is 17.2 Å². The summed E-state index contributed by atoms with van der Waals surface area (Å²) in [4.78, 5) is 12.8. The average Bonchev–Trinajstić information content (AvgIpc) is 3.18. The van der Waals surface area contributed by atoms with Crippen molar-refractivity contribution >= 4 is 33.0 Å². The molecule has 0 aliphatic rings. The van der Waals surface area contributed by atoms with E-state index in [1.807, 2.05) is 25.1 Å². The molecular weight excluding hydrogens is 368 g/mol. The van der Waals surface area contributed by atoms with E-state index < -0.39 is 22.0 Å². The SMILES string of the molecule is Cc1ccc(NC(=O)[C@H](NS(=O)(=O)c2cccs2)c2ccccc2)cc1. The molecule has 0 saturated heterocycles. The van der Waals surface area contributed by atoms with Crippen molar-refractivity contribution in [1.29, 1.82) is 0 Å². The molecule has 26 heavy (non-hydrogen) atoms. The van der Waals surface area contributed by atoms with Gasteiger partial charge in [-0.25, -0.2) is 8.42 Å². The zero-order chi connectivity index (χ0) is 18.6. The lowest BCUT2D eigenvalue weighted by atomic mass is 10.1. The van der Waals surface area contributed by atoms with E-state index >= 15 is 0 Å². The van der Waals surface area contributed by atoms with Crippen LogP contribution in [0, 0.1) is 6.92 Å². The molecule has 0 bridgehead atoms. The van der Waals surface area contributed by atoms with Gasteiger partial charge in [-0.15, -0.1) is 11.3 Å². The Kier molecular flexibility index (Phi) is 5.51. The molecular formula is C19H18N2O3S2. The van der Waals surface area contributed by atoms with E-state index in [9.17, 15) is 13.2 Å². The molecule has 0 saturated carbocycles. The highest BCUT2D eigenvalue weighted by Crippen LogP contribution is 2.22. The summed E-state index contributed by atoms with van der Waals surface area (Å²) in [5.74, 6) is -0.444. The molecule has 0 unspecified atom stereocenters. The first-order valence-electron chi connectivity index (χ1n) is 7.94. The zero-order valence-electron chi connectivity index (χ0n) is 14.0. The first-order valence-corrected chi connectivity index (χ1v) is 10.3. The first-order chi connectivity index (χ1) is 12.5. The number of rotatable bonds is 6. The van der Waals surface area contributed by atoms with Gasteiger partial charge in [0.25, 0.3) is 10.0 Å². The van der Waals surface area contributed by atoms with Crippen LogP contribution in [0.25, 0.3) is 0 Å².